The van der Waals surface area contributed by atoms with Crippen LogP contribution in [-0.4, -0.2) is 15.4 Å². The molecule has 114 valence electrons. The number of nitro benzene ring substituents is 1. The summed E-state index contributed by atoms with van der Waals surface area (Å²) in [6, 6.07) is 9.87. The molecule has 2 heterocycles. The molecule has 1 amide bonds. The van der Waals surface area contributed by atoms with Crippen molar-refractivity contribution in [1.29, 1.82) is 5.26 Å². The van der Waals surface area contributed by atoms with Gasteiger partial charge in [0.25, 0.3) is 5.69 Å². The molecule has 1 N–H and O–H groups in total. The summed E-state index contributed by atoms with van der Waals surface area (Å²) in [7, 11) is 0. The van der Waals surface area contributed by atoms with E-state index >= 15 is 0 Å². The molecule has 0 saturated carbocycles. The van der Waals surface area contributed by atoms with Gasteiger partial charge in [0, 0.05) is 29.2 Å². The lowest BCUT2D eigenvalue weighted by molar-refractivity contribution is -0.384. The number of nitrogens with zero attached hydrogens (tertiary/aromatic N) is 3. The zero-order valence-electron chi connectivity index (χ0n) is 11.7. The van der Waals surface area contributed by atoms with Crippen molar-refractivity contribution in [1.82, 2.24) is 4.57 Å². The first kappa shape index (κ1) is 14.7. The van der Waals surface area contributed by atoms with Gasteiger partial charge in [-0.2, -0.15) is 5.26 Å². The fourth-order valence-corrected chi connectivity index (χ4v) is 3.01. The van der Waals surface area contributed by atoms with Crippen LogP contribution in [0.3, 0.4) is 0 Å². The summed E-state index contributed by atoms with van der Waals surface area (Å²) in [6.45, 7) is 0.0596. The van der Waals surface area contributed by atoms with Gasteiger partial charge >= 0.3 is 0 Å². The number of fused-ring (bicyclic) bond motifs is 1. The highest BCUT2D eigenvalue weighted by molar-refractivity contribution is 7.14. The van der Waals surface area contributed by atoms with E-state index in [1.54, 1.807) is 34.3 Å². The highest BCUT2D eigenvalue weighted by Crippen LogP contribution is 2.24. The van der Waals surface area contributed by atoms with Gasteiger partial charge in [-0.15, -0.1) is 11.3 Å². The molecule has 0 atom stereocenters. The molecule has 0 fully saturated rings. The minimum Gasteiger partial charge on any atom is -0.338 e. The smallest absolute Gasteiger partial charge is 0.270 e. The Bertz CT molecular complexity index is 951. The molecule has 0 radical (unpaired) electrons. The molecule has 23 heavy (non-hydrogen) atoms. The van der Waals surface area contributed by atoms with Gasteiger partial charge in [-0.05, 0) is 23.6 Å². The maximum Gasteiger partial charge on any atom is 0.270 e. The second kappa shape index (κ2) is 5.90. The van der Waals surface area contributed by atoms with Crippen molar-refractivity contribution in [2.24, 2.45) is 0 Å². The van der Waals surface area contributed by atoms with Crippen LogP contribution < -0.4 is 5.32 Å². The number of benzene rings is 1. The van der Waals surface area contributed by atoms with Crippen molar-refractivity contribution >= 4 is 38.8 Å². The summed E-state index contributed by atoms with van der Waals surface area (Å²) < 4.78 is 1.70. The largest absolute Gasteiger partial charge is 0.338 e. The standard InChI is InChI=1S/C15H10N4O3S/c16-8-11-4-6-23-15(11)17-14(20)9-18-5-3-10-7-12(19(21)22)1-2-13(10)18/h1-7H,9H2,(H,17,20). The maximum absolute atomic E-state index is 12.1. The second-order valence-electron chi connectivity index (χ2n) is 4.77. The molecule has 3 rings (SSSR count). The van der Waals surface area contributed by atoms with Gasteiger partial charge in [0.15, 0.2) is 0 Å². The number of carbonyl (C=O) groups excluding carboxylic acids is 1. The summed E-state index contributed by atoms with van der Waals surface area (Å²) in [5.74, 6) is -0.264. The number of amides is 1. The Labute approximate surface area is 134 Å². The van der Waals surface area contributed by atoms with Gasteiger partial charge in [0.05, 0.1) is 10.5 Å². The van der Waals surface area contributed by atoms with Gasteiger partial charge in [0.2, 0.25) is 5.91 Å². The van der Waals surface area contributed by atoms with E-state index in [0.29, 0.717) is 16.0 Å². The number of nitrogens with one attached hydrogen (secondary N) is 1. The summed E-state index contributed by atoms with van der Waals surface area (Å²) in [4.78, 5) is 22.4. The zero-order valence-corrected chi connectivity index (χ0v) is 12.5. The van der Waals surface area contributed by atoms with Crippen LogP contribution in [0, 0.1) is 21.4 Å². The van der Waals surface area contributed by atoms with Crippen LogP contribution in [0.2, 0.25) is 0 Å². The number of anilines is 1. The summed E-state index contributed by atoms with van der Waals surface area (Å²) in [5.41, 5.74) is 1.17. The van der Waals surface area contributed by atoms with Gasteiger partial charge in [0.1, 0.15) is 17.6 Å². The van der Waals surface area contributed by atoms with Gasteiger partial charge < -0.3 is 9.88 Å². The number of nitriles is 1. The second-order valence-corrected chi connectivity index (χ2v) is 5.68. The van der Waals surface area contributed by atoms with E-state index in [-0.39, 0.29) is 18.1 Å². The molecule has 3 aromatic rings. The van der Waals surface area contributed by atoms with Gasteiger partial charge in [-0.3, -0.25) is 14.9 Å². The molecule has 0 spiro atoms. The van der Waals surface area contributed by atoms with Crippen molar-refractivity contribution in [2.75, 3.05) is 5.32 Å². The average Bonchev–Trinajstić information content (AvgIpc) is 3.13. The average molecular weight is 326 g/mol. The monoisotopic (exact) mass is 326 g/mol. The molecule has 0 aliphatic carbocycles. The molecule has 8 heteroatoms. The van der Waals surface area contributed by atoms with Crippen molar-refractivity contribution in [3.05, 3.63) is 57.6 Å². The number of hydrogen-bond acceptors (Lipinski definition) is 5. The number of non-ortho nitro benzene ring substituents is 1. The number of carbonyl (C=O) groups is 1. The fourth-order valence-electron chi connectivity index (χ4n) is 2.25. The predicted molar refractivity (Wildman–Crippen MR) is 86.3 cm³/mol. The van der Waals surface area contributed by atoms with E-state index in [2.05, 4.69) is 5.32 Å². The number of nitro groups is 1. The topological polar surface area (TPSA) is 101 Å². The van der Waals surface area contributed by atoms with E-state index in [0.717, 1.165) is 5.52 Å². The van der Waals surface area contributed by atoms with Crippen LogP contribution in [0.25, 0.3) is 10.9 Å². The van der Waals surface area contributed by atoms with Crippen LogP contribution in [0.4, 0.5) is 10.7 Å². The quantitative estimate of drug-likeness (QED) is 0.588. The molecular weight excluding hydrogens is 316 g/mol. The Kier molecular flexibility index (Phi) is 3.78. The van der Waals surface area contributed by atoms with Crippen LogP contribution in [0.5, 0.6) is 0 Å². The Balaban J connectivity index is 1.80. The Morgan fingerprint density at radius 1 is 1.39 bits per heavy atom. The molecule has 0 saturated heterocycles. The van der Waals surface area contributed by atoms with Gasteiger partial charge in [-0.25, -0.2) is 0 Å². The third kappa shape index (κ3) is 2.90. The van der Waals surface area contributed by atoms with Crippen molar-refractivity contribution in [3.63, 3.8) is 0 Å². The number of aromatic nitrogens is 1. The first-order valence-electron chi connectivity index (χ1n) is 6.59. The highest BCUT2D eigenvalue weighted by Gasteiger charge is 2.12. The molecule has 0 aliphatic rings. The Hall–Kier alpha value is -3.18. The SMILES string of the molecule is N#Cc1ccsc1NC(=O)Cn1ccc2cc([N+](=O)[O-])ccc21. The number of hydrogen-bond donors (Lipinski definition) is 1. The first-order chi connectivity index (χ1) is 11.1. The predicted octanol–water partition coefficient (Wildman–Crippen LogP) is 3.12. The van der Waals surface area contributed by atoms with Crippen LogP contribution in [0.15, 0.2) is 41.9 Å². The lowest BCUT2D eigenvalue weighted by atomic mass is 10.2. The summed E-state index contributed by atoms with van der Waals surface area (Å²) in [5, 5.41) is 25.4. The summed E-state index contributed by atoms with van der Waals surface area (Å²) >= 11 is 1.29. The molecule has 1 aromatic carbocycles. The fraction of sp³-hybridized carbons (Fsp3) is 0.0667. The first-order valence-corrected chi connectivity index (χ1v) is 7.47. The van der Waals surface area contributed by atoms with E-state index in [1.807, 2.05) is 6.07 Å². The van der Waals surface area contributed by atoms with E-state index in [9.17, 15) is 14.9 Å². The molecule has 0 bridgehead atoms. The molecule has 0 unspecified atom stereocenters. The van der Waals surface area contributed by atoms with Crippen molar-refractivity contribution in [2.45, 2.75) is 6.54 Å². The van der Waals surface area contributed by atoms with Gasteiger partial charge in [-0.1, -0.05) is 0 Å². The Morgan fingerprint density at radius 3 is 2.96 bits per heavy atom. The highest BCUT2D eigenvalue weighted by atomic mass is 32.1. The van der Waals surface area contributed by atoms with Crippen LogP contribution >= 0.6 is 11.3 Å². The molecule has 0 aliphatic heterocycles. The van der Waals surface area contributed by atoms with Crippen LogP contribution in [0.1, 0.15) is 5.56 Å². The van der Waals surface area contributed by atoms with E-state index < -0.39 is 4.92 Å². The van der Waals surface area contributed by atoms with Crippen LogP contribution in [-0.2, 0) is 11.3 Å². The van der Waals surface area contributed by atoms with E-state index in [4.69, 9.17) is 5.26 Å². The lowest BCUT2D eigenvalue weighted by Gasteiger charge is -2.06. The molecule has 2 aromatic heterocycles. The molecule has 7 nitrogen and oxygen atoms in total. The normalized spacial score (nSPS) is 10.4. The Morgan fingerprint density at radius 2 is 2.22 bits per heavy atom. The third-order valence-corrected chi connectivity index (χ3v) is 4.15. The maximum atomic E-state index is 12.1. The third-order valence-electron chi connectivity index (χ3n) is 3.32. The van der Waals surface area contributed by atoms with Crippen molar-refractivity contribution in [3.8, 4) is 6.07 Å². The summed E-state index contributed by atoms with van der Waals surface area (Å²) in [6.07, 6.45) is 1.70. The zero-order chi connectivity index (χ0) is 16.4. The number of thiophene rings is 1. The lowest BCUT2D eigenvalue weighted by Crippen LogP contribution is -2.18. The minimum absolute atomic E-state index is 0.0111. The number of rotatable bonds is 4. The molecular formula is C15H10N4O3S. The minimum atomic E-state index is -0.455. The van der Waals surface area contributed by atoms with E-state index in [1.165, 1.54) is 23.5 Å². The van der Waals surface area contributed by atoms with Crippen molar-refractivity contribution < 1.29 is 9.72 Å².